The molecule has 0 aromatic heterocycles. The molecule has 0 radical (unpaired) electrons. The number of carboxylic acid groups (broad SMARTS) is 1. The highest BCUT2D eigenvalue weighted by Gasteiger charge is 2.44. The summed E-state index contributed by atoms with van der Waals surface area (Å²) < 4.78 is 80.6. The van der Waals surface area contributed by atoms with E-state index in [0.29, 0.717) is 50.8 Å². The van der Waals surface area contributed by atoms with Crippen LogP contribution in [-0.4, -0.2) is 41.0 Å². The average Bonchev–Trinajstić information content (AvgIpc) is 2.92. The molecule has 2 atom stereocenters. The Labute approximate surface area is 234 Å². The van der Waals surface area contributed by atoms with Gasteiger partial charge in [0.15, 0.2) is 0 Å². The van der Waals surface area contributed by atoms with E-state index in [9.17, 15) is 41.0 Å². The molecular weight excluding hydrogens is 550 g/mol. The number of halogens is 6. The van der Waals surface area contributed by atoms with Gasteiger partial charge in [0.1, 0.15) is 0 Å². The Morgan fingerprint density at radius 2 is 1.51 bits per heavy atom. The van der Waals surface area contributed by atoms with Crippen LogP contribution in [0.3, 0.4) is 0 Å². The maximum Gasteiger partial charge on any atom is 0.416 e. The molecule has 2 fully saturated rings. The van der Waals surface area contributed by atoms with Crippen molar-refractivity contribution in [2.24, 2.45) is 5.41 Å². The first-order chi connectivity index (χ1) is 19.0. The third-order valence-corrected chi connectivity index (χ3v) is 8.76. The number of likely N-dealkylation sites (tertiary alicyclic amines) is 1. The third kappa shape index (κ3) is 6.71. The van der Waals surface area contributed by atoms with E-state index < -0.39 is 52.2 Å². The van der Waals surface area contributed by atoms with Crippen LogP contribution in [0.4, 0.5) is 26.3 Å². The standard InChI is InChI=1S/C30H34F6N2O3/c1-19(20-15-22(29(31,32)33)17-23(16-20)30(34,35)36)25(39)37-28(21-7-4-3-5-8-21)12-9-24(10-13-28)38-14-6-11-27(2,18-38)26(40)41/h3-5,7-8,15-17,19,24H,6,9-14,18H2,1-2H3,(H,37,39)(H,40,41)/t19-,24?,27-,28?/m1/s1. The molecule has 224 valence electrons. The Morgan fingerprint density at radius 1 is 0.951 bits per heavy atom. The van der Waals surface area contributed by atoms with Crippen molar-refractivity contribution in [1.29, 1.82) is 0 Å². The van der Waals surface area contributed by atoms with Crippen LogP contribution in [0.2, 0.25) is 0 Å². The predicted octanol–water partition coefficient (Wildman–Crippen LogP) is 6.97. The molecule has 4 rings (SSSR count). The Bertz CT molecular complexity index is 1220. The van der Waals surface area contributed by atoms with Gasteiger partial charge in [-0.15, -0.1) is 0 Å². The van der Waals surface area contributed by atoms with Crippen LogP contribution >= 0.6 is 0 Å². The van der Waals surface area contributed by atoms with Gasteiger partial charge in [-0.05, 0) is 88.2 Å². The van der Waals surface area contributed by atoms with Gasteiger partial charge in [-0.1, -0.05) is 30.3 Å². The number of carbonyl (C=O) groups is 2. The number of amides is 1. The number of carboxylic acids is 1. The second-order valence-corrected chi connectivity index (χ2v) is 11.7. The van der Waals surface area contributed by atoms with E-state index in [4.69, 9.17) is 0 Å². The number of rotatable bonds is 6. The molecule has 1 saturated carbocycles. The number of alkyl halides is 6. The van der Waals surface area contributed by atoms with Gasteiger partial charge < -0.3 is 10.4 Å². The van der Waals surface area contributed by atoms with Crippen LogP contribution in [0.5, 0.6) is 0 Å². The molecule has 2 aromatic carbocycles. The van der Waals surface area contributed by atoms with Crippen LogP contribution in [0.1, 0.15) is 80.5 Å². The molecule has 1 aliphatic heterocycles. The number of carbonyl (C=O) groups excluding carboxylic acids is 1. The fourth-order valence-corrected chi connectivity index (χ4v) is 6.19. The van der Waals surface area contributed by atoms with E-state index in [1.165, 1.54) is 6.92 Å². The Kier molecular flexibility index (Phi) is 8.51. The van der Waals surface area contributed by atoms with Crippen molar-refractivity contribution in [1.82, 2.24) is 10.2 Å². The number of hydrogen-bond donors (Lipinski definition) is 2. The average molecular weight is 585 g/mol. The minimum atomic E-state index is -5.01. The Morgan fingerprint density at radius 3 is 2.02 bits per heavy atom. The first kappa shape index (κ1) is 30.9. The molecule has 11 heteroatoms. The van der Waals surface area contributed by atoms with Crippen LogP contribution in [0, 0.1) is 5.41 Å². The monoisotopic (exact) mass is 584 g/mol. The van der Waals surface area contributed by atoms with E-state index in [0.717, 1.165) is 18.5 Å². The van der Waals surface area contributed by atoms with Gasteiger partial charge in [0.2, 0.25) is 5.91 Å². The smallest absolute Gasteiger partial charge is 0.416 e. The second kappa shape index (κ2) is 11.3. The van der Waals surface area contributed by atoms with E-state index in [2.05, 4.69) is 10.2 Å². The Hall–Kier alpha value is -3.08. The molecule has 0 unspecified atom stereocenters. The lowest BCUT2D eigenvalue weighted by atomic mass is 9.73. The van der Waals surface area contributed by atoms with Crippen LogP contribution in [0.25, 0.3) is 0 Å². The number of aliphatic carboxylic acids is 1. The first-order valence-corrected chi connectivity index (χ1v) is 13.7. The molecule has 5 nitrogen and oxygen atoms in total. The van der Waals surface area contributed by atoms with E-state index in [-0.39, 0.29) is 17.7 Å². The van der Waals surface area contributed by atoms with Crippen LogP contribution < -0.4 is 5.32 Å². The molecule has 0 bridgehead atoms. The zero-order chi connectivity index (χ0) is 30.2. The summed E-state index contributed by atoms with van der Waals surface area (Å²) in [6.45, 7) is 4.24. The second-order valence-electron chi connectivity index (χ2n) is 11.7. The normalized spacial score (nSPS) is 26.8. The zero-order valence-corrected chi connectivity index (χ0v) is 22.9. The van der Waals surface area contributed by atoms with Gasteiger partial charge in [-0.2, -0.15) is 26.3 Å². The zero-order valence-electron chi connectivity index (χ0n) is 22.9. The number of nitrogens with one attached hydrogen (secondary N) is 1. The highest BCUT2D eigenvalue weighted by molar-refractivity contribution is 5.84. The number of benzene rings is 2. The van der Waals surface area contributed by atoms with Crippen molar-refractivity contribution in [3.8, 4) is 0 Å². The van der Waals surface area contributed by atoms with Gasteiger partial charge in [-0.25, -0.2) is 0 Å². The summed E-state index contributed by atoms with van der Waals surface area (Å²) in [4.78, 5) is 27.5. The fraction of sp³-hybridized carbons (Fsp3) is 0.533. The molecule has 2 aliphatic rings. The molecule has 1 amide bonds. The van der Waals surface area contributed by atoms with E-state index in [1.807, 2.05) is 30.3 Å². The summed E-state index contributed by atoms with van der Waals surface area (Å²) in [6, 6.07) is 10.5. The number of nitrogens with zero attached hydrogens (tertiary/aromatic N) is 1. The summed E-state index contributed by atoms with van der Waals surface area (Å²) in [5.74, 6) is -2.78. The minimum Gasteiger partial charge on any atom is -0.481 e. The quantitative estimate of drug-likeness (QED) is 0.360. The lowest BCUT2D eigenvalue weighted by Crippen LogP contribution is -2.55. The van der Waals surface area contributed by atoms with Gasteiger partial charge in [-0.3, -0.25) is 14.5 Å². The molecule has 41 heavy (non-hydrogen) atoms. The Balaban J connectivity index is 1.58. The number of piperidine rings is 1. The maximum absolute atomic E-state index is 13.5. The minimum absolute atomic E-state index is 0.0524. The third-order valence-electron chi connectivity index (χ3n) is 8.76. The topological polar surface area (TPSA) is 69.6 Å². The van der Waals surface area contributed by atoms with Crippen molar-refractivity contribution in [2.75, 3.05) is 13.1 Å². The lowest BCUT2D eigenvalue weighted by molar-refractivity contribution is -0.152. The summed E-state index contributed by atoms with van der Waals surface area (Å²) in [5, 5.41) is 12.7. The van der Waals surface area contributed by atoms with Gasteiger partial charge in [0.25, 0.3) is 0 Å². The van der Waals surface area contributed by atoms with Crippen molar-refractivity contribution in [3.63, 3.8) is 0 Å². The molecule has 1 aliphatic carbocycles. The van der Waals surface area contributed by atoms with Crippen LogP contribution in [0.15, 0.2) is 48.5 Å². The predicted molar refractivity (Wildman–Crippen MR) is 140 cm³/mol. The van der Waals surface area contributed by atoms with Crippen molar-refractivity contribution in [2.45, 2.75) is 82.2 Å². The molecular formula is C30H34F6N2O3. The first-order valence-electron chi connectivity index (χ1n) is 13.7. The van der Waals surface area contributed by atoms with Crippen molar-refractivity contribution >= 4 is 11.9 Å². The van der Waals surface area contributed by atoms with E-state index in [1.54, 1.807) is 6.92 Å². The lowest BCUT2D eigenvalue weighted by Gasteiger charge is -2.47. The SMILES string of the molecule is C[C@@H](C(=O)NC1(c2ccccc2)CCC(N2CCC[C@@](C)(C(=O)O)C2)CC1)c1cc(C(F)(F)F)cc(C(F)(F)F)c1. The fourth-order valence-electron chi connectivity index (χ4n) is 6.19. The van der Waals surface area contributed by atoms with Crippen molar-refractivity contribution < 1.29 is 41.0 Å². The highest BCUT2D eigenvalue weighted by atomic mass is 19.4. The van der Waals surface area contributed by atoms with E-state index >= 15 is 0 Å². The van der Waals surface area contributed by atoms with Gasteiger partial charge in [0.05, 0.1) is 28.0 Å². The molecule has 1 heterocycles. The molecule has 0 spiro atoms. The number of hydrogen-bond acceptors (Lipinski definition) is 3. The summed E-state index contributed by atoms with van der Waals surface area (Å²) in [7, 11) is 0. The summed E-state index contributed by atoms with van der Waals surface area (Å²) in [6.07, 6.45) is -6.43. The summed E-state index contributed by atoms with van der Waals surface area (Å²) in [5.41, 5.74) is -4.21. The van der Waals surface area contributed by atoms with Gasteiger partial charge >= 0.3 is 18.3 Å². The van der Waals surface area contributed by atoms with Crippen molar-refractivity contribution in [3.05, 3.63) is 70.8 Å². The van der Waals surface area contributed by atoms with Gasteiger partial charge in [0, 0.05) is 12.6 Å². The highest BCUT2D eigenvalue weighted by Crippen LogP contribution is 2.42. The molecule has 1 saturated heterocycles. The maximum atomic E-state index is 13.5. The summed E-state index contributed by atoms with van der Waals surface area (Å²) >= 11 is 0. The largest absolute Gasteiger partial charge is 0.481 e. The molecule has 2 aromatic rings. The molecule has 2 N–H and O–H groups in total. The van der Waals surface area contributed by atoms with Crippen LogP contribution in [-0.2, 0) is 27.5 Å².